The maximum absolute atomic E-state index is 11.2. The first-order chi connectivity index (χ1) is 11.5. The zero-order valence-electron chi connectivity index (χ0n) is 13.5. The topological polar surface area (TPSA) is 110 Å². The Morgan fingerprint density at radius 1 is 1.38 bits per heavy atom. The van der Waals surface area contributed by atoms with Crippen LogP contribution in [0.3, 0.4) is 0 Å². The van der Waals surface area contributed by atoms with Crippen LogP contribution in [0.2, 0.25) is 0 Å². The van der Waals surface area contributed by atoms with Gasteiger partial charge in [0.25, 0.3) is 0 Å². The van der Waals surface area contributed by atoms with Gasteiger partial charge < -0.3 is 24.4 Å². The predicted molar refractivity (Wildman–Crippen MR) is 89.1 cm³/mol. The summed E-state index contributed by atoms with van der Waals surface area (Å²) >= 11 is 1.25. The highest BCUT2D eigenvalue weighted by molar-refractivity contribution is 8.14. The van der Waals surface area contributed by atoms with E-state index in [4.69, 9.17) is 14.2 Å². The Labute approximate surface area is 143 Å². The molecule has 2 rings (SSSR count). The molecule has 0 saturated heterocycles. The van der Waals surface area contributed by atoms with Gasteiger partial charge in [-0.05, 0) is 6.92 Å². The summed E-state index contributed by atoms with van der Waals surface area (Å²) < 4.78 is 15.6. The zero-order valence-corrected chi connectivity index (χ0v) is 14.3. The monoisotopic (exact) mass is 356 g/mol. The number of thioether (sulfide) groups is 1. The molecule has 0 aliphatic carbocycles. The van der Waals surface area contributed by atoms with Crippen molar-refractivity contribution in [2.24, 2.45) is 4.99 Å². The zero-order chi connectivity index (χ0) is 17.6. The number of pyridine rings is 1. The highest BCUT2D eigenvalue weighted by atomic mass is 32.2. The van der Waals surface area contributed by atoms with Crippen LogP contribution in [0.4, 0.5) is 0 Å². The maximum Gasteiger partial charge on any atom is 0.332 e. The molecule has 0 radical (unpaired) electrons. The average Bonchev–Trinajstić information content (AvgIpc) is 2.94. The van der Waals surface area contributed by atoms with Gasteiger partial charge in [0.05, 0.1) is 26.0 Å². The van der Waals surface area contributed by atoms with Gasteiger partial charge in [-0.2, -0.15) is 0 Å². The minimum Gasteiger partial charge on any atom is -0.505 e. The molecular formula is C15H20N2O6S. The Balaban J connectivity index is 1.94. The van der Waals surface area contributed by atoms with Crippen molar-refractivity contribution in [1.29, 1.82) is 0 Å². The predicted octanol–water partition coefficient (Wildman–Crippen LogP) is 1.17. The number of methoxy groups -OCH3 is 1. The molecule has 1 aromatic rings. The van der Waals surface area contributed by atoms with E-state index in [1.807, 2.05) is 0 Å². The second-order valence-corrected chi connectivity index (χ2v) is 6.24. The second-order valence-electron chi connectivity index (χ2n) is 5.28. The maximum atomic E-state index is 11.2. The molecule has 1 aliphatic rings. The van der Waals surface area contributed by atoms with Gasteiger partial charge in [-0.1, -0.05) is 0 Å². The third kappa shape index (κ3) is 4.59. The molecule has 0 saturated carbocycles. The number of rotatable bonds is 9. The van der Waals surface area contributed by atoms with E-state index in [1.54, 1.807) is 7.11 Å². The number of aliphatic carboxylic acids is 1. The van der Waals surface area contributed by atoms with Crippen LogP contribution in [0.5, 0.6) is 11.5 Å². The lowest BCUT2D eigenvalue weighted by atomic mass is 10.1. The number of aromatic nitrogens is 1. The number of nitrogens with zero attached hydrogens (tertiary/aromatic N) is 2. The van der Waals surface area contributed by atoms with Crippen molar-refractivity contribution in [2.45, 2.75) is 12.5 Å². The molecule has 0 fully saturated rings. The van der Waals surface area contributed by atoms with Crippen LogP contribution in [-0.4, -0.2) is 71.0 Å². The van der Waals surface area contributed by atoms with Crippen LogP contribution in [-0.2, 0) is 14.3 Å². The highest BCUT2D eigenvalue weighted by Gasteiger charge is 2.39. The molecule has 9 heteroatoms. The Morgan fingerprint density at radius 3 is 2.75 bits per heavy atom. The van der Waals surface area contributed by atoms with E-state index in [9.17, 15) is 15.0 Å². The Morgan fingerprint density at radius 2 is 2.12 bits per heavy atom. The van der Waals surface area contributed by atoms with E-state index >= 15 is 0 Å². The van der Waals surface area contributed by atoms with Gasteiger partial charge in [-0.3, -0.25) is 4.99 Å². The van der Waals surface area contributed by atoms with Gasteiger partial charge in [-0.15, -0.1) is 11.8 Å². The van der Waals surface area contributed by atoms with Gasteiger partial charge >= 0.3 is 5.97 Å². The van der Waals surface area contributed by atoms with E-state index in [0.717, 1.165) is 0 Å². The van der Waals surface area contributed by atoms with Crippen molar-refractivity contribution in [1.82, 2.24) is 4.98 Å². The van der Waals surface area contributed by atoms with Crippen LogP contribution in [0.25, 0.3) is 0 Å². The third-order valence-electron chi connectivity index (χ3n) is 3.27. The van der Waals surface area contributed by atoms with Gasteiger partial charge in [-0.25, -0.2) is 9.78 Å². The van der Waals surface area contributed by atoms with E-state index in [0.29, 0.717) is 43.0 Å². The number of carbonyl (C=O) groups is 1. The van der Waals surface area contributed by atoms with Crippen molar-refractivity contribution >= 4 is 22.8 Å². The number of ether oxygens (including phenoxy) is 3. The molecule has 0 unspecified atom stereocenters. The molecule has 1 atom stereocenters. The molecular weight excluding hydrogens is 336 g/mol. The molecule has 0 spiro atoms. The van der Waals surface area contributed by atoms with E-state index in [-0.39, 0.29) is 11.4 Å². The summed E-state index contributed by atoms with van der Waals surface area (Å²) in [6.45, 7) is 3.25. The summed E-state index contributed by atoms with van der Waals surface area (Å²) in [5.41, 5.74) is -0.934. The van der Waals surface area contributed by atoms with Crippen LogP contribution >= 0.6 is 11.8 Å². The first-order valence-electron chi connectivity index (χ1n) is 7.31. The molecule has 132 valence electrons. The summed E-state index contributed by atoms with van der Waals surface area (Å²) in [4.78, 5) is 19.5. The van der Waals surface area contributed by atoms with Gasteiger partial charge in [0, 0.05) is 18.9 Å². The van der Waals surface area contributed by atoms with E-state index in [2.05, 4.69) is 9.98 Å². The number of aliphatic imine (C=N–C) groups is 1. The van der Waals surface area contributed by atoms with Crippen molar-refractivity contribution < 1.29 is 29.2 Å². The van der Waals surface area contributed by atoms with Gasteiger partial charge in [0.2, 0.25) is 0 Å². The summed E-state index contributed by atoms with van der Waals surface area (Å²) in [5, 5.41) is 19.7. The van der Waals surface area contributed by atoms with Crippen molar-refractivity contribution in [3.8, 4) is 11.5 Å². The minimum atomic E-state index is -1.19. The van der Waals surface area contributed by atoms with Crippen LogP contribution in [0.15, 0.2) is 17.3 Å². The standard InChI is InChI=1S/C15H20N2O6S/c1-15(14(19)20)9-24-13(17-15)12-11(18)7-10(8-16-12)23-6-5-22-4-3-21-2/h7-8,18H,3-6,9H2,1-2H3,(H,19,20)/t15-/m1/s1. The lowest BCUT2D eigenvalue weighted by Gasteiger charge is -2.11. The molecule has 2 heterocycles. The normalized spacial score (nSPS) is 20.0. The number of aromatic hydroxyl groups is 1. The lowest BCUT2D eigenvalue weighted by Crippen LogP contribution is -2.33. The fourth-order valence-electron chi connectivity index (χ4n) is 1.87. The molecule has 1 aliphatic heterocycles. The number of hydrogen-bond donors (Lipinski definition) is 2. The fourth-order valence-corrected chi connectivity index (χ4v) is 3.04. The summed E-state index contributed by atoms with van der Waals surface area (Å²) in [6.07, 6.45) is 1.46. The van der Waals surface area contributed by atoms with Gasteiger partial charge in [0.15, 0.2) is 5.54 Å². The SMILES string of the molecule is COCCOCCOc1cnc(C2=N[C@@](C)(C(=O)O)CS2)c(O)c1. The van der Waals surface area contributed by atoms with Crippen LogP contribution in [0.1, 0.15) is 12.6 Å². The molecule has 0 aromatic carbocycles. The van der Waals surface area contributed by atoms with Crippen molar-refractivity contribution in [3.63, 3.8) is 0 Å². The lowest BCUT2D eigenvalue weighted by molar-refractivity contribution is -0.141. The molecule has 8 nitrogen and oxygen atoms in total. The average molecular weight is 356 g/mol. The molecule has 24 heavy (non-hydrogen) atoms. The summed E-state index contributed by atoms with van der Waals surface area (Å²) in [6, 6.07) is 1.43. The molecule has 0 amide bonds. The van der Waals surface area contributed by atoms with E-state index < -0.39 is 11.5 Å². The second kappa shape index (κ2) is 8.32. The van der Waals surface area contributed by atoms with Crippen LogP contribution < -0.4 is 4.74 Å². The van der Waals surface area contributed by atoms with Crippen molar-refractivity contribution in [3.05, 3.63) is 18.0 Å². The Bertz CT molecular complexity index is 624. The minimum absolute atomic E-state index is 0.103. The number of hydrogen-bond acceptors (Lipinski definition) is 8. The Kier molecular flexibility index (Phi) is 6.41. The largest absolute Gasteiger partial charge is 0.505 e. The molecule has 0 bridgehead atoms. The fraction of sp³-hybridized carbons (Fsp3) is 0.533. The Hall–Kier alpha value is -1.84. The quantitative estimate of drug-likeness (QED) is 0.634. The first-order valence-corrected chi connectivity index (χ1v) is 8.30. The molecule has 2 N–H and O–H groups in total. The van der Waals surface area contributed by atoms with Gasteiger partial charge in [0.1, 0.15) is 28.8 Å². The molecule has 1 aromatic heterocycles. The summed E-state index contributed by atoms with van der Waals surface area (Å²) in [7, 11) is 1.60. The highest BCUT2D eigenvalue weighted by Crippen LogP contribution is 2.34. The number of carboxylic acids is 1. The third-order valence-corrected chi connectivity index (χ3v) is 4.54. The van der Waals surface area contributed by atoms with Crippen LogP contribution in [0, 0.1) is 0 Å². The smallest absolute Gasteiger partial charge is 0.332 e. The first kappa shape index (κ1) is 18.5. The van der Waals surface area contributed by atoms with Crippen molar-refractivity contribution in [2.75, 3.05) is 39.3 Å². The summed E-state index contributed by atoms with van der Waals surface area (Å²) in [5.74, 6) is -0.404. The number of carboxylic acid groups (broad SMARTS) is 1. The van der Waals surface area contributed by atoms with E-state index in [1.165, 1.54) is 30.9 Å².